The summed E-state index contributed by atoms with van der Waals surface area (Å²) >= 11 is 0. The molecule has 3 heteroatoms. The van der Waals surface area contributed by atoms with E-state index in [-0.39, 0.29) is 12.1 Å². The normalized spacial score (nSPS) is 11.8. The summed E-state index contributed by atoms with van der Waals surface area (Å²) in [5, 5.41) is 0. The van der Waals surface area contributed by atoms with E-state index in [1.165, 1.54) is 55.2 Å². The molecule has 0 aliphatic heterocycles. The standard InChI is InChI=1S/C34H44O3/c1-4-6-8-9-10-11-14-26-36-31-24-22-30(23-25-31)33-16-13-12-15-32(33)29-20-18-28(19-21-29)27(3)37-34(35)17-7-5-2/h12-13,15-16,18-25,27H,4-11,14,17,26H2,1-3H3. The Kier molecular flexibility index (Phi) is 12.3. The third kappa shape index (κ3) is 9.39. The number of rotatable bonds is 16. The molecule has 37 heavy (non-hydrogen) atoms. The zero-order valence-electron chi connectivity index (χ0n) is 23.0. The van der Waals surface area contributed by atoms with Crippen LogP contribution in [0.3, 0.4) is 0 Å². The molecule has 0 aliphatic carbocycles. The quantitative estimate of drug-likeness (QED) is 0.145. The molecule has 0 amide bonds. The largest absolute Gasteiger partial charge is 0.494 e. The van der Waals surface area contributed by atoms with E-state index in [4.69, 9.17) is 9.47 Å². The highest BCUT2D eigenvalue weighted by molar-refractivity contribution is 5.83. The minimum absolute atomic E-state index is 0.126. The summed E-state index contributed by atoms with van der Waals surface area (Å²) in [4.78, 5) is 12.0. The SMILES string of the molecule is CCCCCCCCCOc1ccc(-c2ccccc2-c2ccc(C(C)OC(=O)CCCC)cc2)cc1. The van der Waals surface area contributed by atoms with Gasteiger partial charge in [-0.15, -0.1) is 0 Å². The summed E-state index contributed by atoms with van der Waals surface area (Å²) in [7, 11) is 0. The van der Waals surface area contributed by atoms with Crippen LogP contribution in [0.15, 0.2) is 72.8 Å². The van der Waals surface area contributed by atoms with E-state index >= 15 is 0 Å². The summed E-state index contributed by atoms with van der Waals surface area (Å²) in [6, 6.07) is 25.3. The van der Waals surface area contributed by atoms with Gasteiger partial charge in [0.2, 0.25) is 0 Å². The lowest BCUT2D eigenvalue weighted by atomic mass is 9.94. The second-order valence-electron chi connectivity index (χ2n) is 9.90. The molecule has 0 saturated carbocycles. The van der Waals surface area contributed by atoms with E-state index in [2.05, 4.69) is 86.6 Å². The lowest BCUT2D eigenvalue weighted by Gasteiger charge is -2.15. The van der Waals surface area contributed by atoms with Crippen LogP contribution in [0, 0.1) is 0 Å². The predicted molar refractivity (Wildman–Crippen MR) is 155 cm³/mol. The number of carbonyl (C=O) groups is 1. The Hall–Kier alpha value is -3.07. The second kappa shape index (κ2) is 15.9. The van der Waals surface area contributed by atoms with Crippen LogP contribution in [0.2, 0.25) is 0 Å². The van der Waals surface area contributed by atoms with Crippen LogP contribution in [0.5, 0.6) is 5.75 Å². The van der Waals surface area contributed by atoms with Crippen LogP contribution in [-0.4, -0.2) is 12.6 Å². The van der Waals surface area contributed by atoms with E-state index in [0.29, 0.717) is 6.42 Å². The molecule has 3 aromatic carbocycles. The fourth-order valence-corrected chi connectivity index (χ4v) is 4.55. The minimum atomic E-state index is -0.248. The molecule has 198 valence electrons. The van der Waals surface area contributed by atoms with Crippen LogP contribution in [0.4, 0.5) is 0 Å². The highest BCUT2D eigenvalue weighted by Gasteiger charge is 2.13. The number of esters is 1. The van der Waals surface area contributed by atoms with Crippen LogP contribution >= 0.6 is 0 Å². The van der Waals surface area contributed by atoms with Crippen molar-refractivity contribution in [1.82, 2.24) is 0 Å². The molecular formula is C34H44O3. The Morgan fingerprint density at radius 3 is 1.81 bits per heavy atom. The van der Waals surface area contributed by atoms with Gasteiger partial charge in [0.05, 0.1) is 6.61 Å². The van der Waals surface area contributed by atoms with Crippen molar-refractivity contribution in [3.05, 3.63) is 78.4 Å². The van der Waals surface area contributed by atoms with Gasteiger partial charge in [-0.2, -0.15) is 0 Å². The van der Waals surface area contributed by atoms with Crippen molar-refractivity contribution in [1.29, 1.82) is 0 Å². The van der Waals surface area contributed by atoms with Gasteiger partial charge in [0.25, 0.3) is 0 Å². The molecule has 0 radical (unpaired) electrons. The minimum Gasteiger partial charge on any atom is -0.494 e. The van der Waals surface area contributed by atoms with Gasteiger partial charge < -0.3 is 9.47 Å². The number of carbonyl (C=O) groups excluding carboxylic acids is 1. The second-order valence-corrected chi connectivity index (χ2v) is 9.90. The highest BCUT2D eigenvalue weighted by atomic mass is 16.5. The van der Waals surface area contributed by atoms with Crippen LogP contribution in [0.1, 0.15) is 96.6 Å². The Bertz CT molecular complexity index is 1050. The first kappa shape index (κ1) is 28.5. The Morgan fingerprint density at radius 1 is 0.676 bits per heavy atom. The van der Waals surface area contributed by atoms with Crippen molar-refractivity contribution in [2.45, 2.75) is 91.1 Å². The fraction of sp³-hybridized carbons (Fsp3) is 0.441. The van der Waals surface area contributed by atoms with E-state index in [1.807, 2.05) is 6.92 Å². The van der Waals surface area contributed by atoms with E-state index in [0.717, 1.165) is 42.7 Å². The first-order chi connectivity index (χ1) is 18.1. The third-order valence-corrected chi connectivity index (χ3v) is 6.84. The van der Waals surface area contributed by atoms with Crippen molar-refractivity contribution < 1.29 is 14.3 Å². The zero-order valence-corrected chi connectivity index (χ0v) is 23.0. The summed E-state index contributed by atoms with van der Waals surface area (Å²) in [6.45, 7) is 7.05. The van der Waals surface area contributed by atoms with Gasteiger partial charge in [0.1, 0.15) is 11.9 Å². The smallest absolute Gasteiger partial charge is 0.306 e. The van der Waals surface area contributed by atoms with Crippen molar-refractivity contribution in [2.75, 3.05) is 6.61 Å². The van der Waals surface area contributed by atoms with Gasteiger partial charge in [-0.1, -0.05) is 119 Å². The molecule has 0 aliphatic rings. The van der Waals surface area contributed by atoms with Gasteiger partial charge >= 0.3 is 5.97 Å². The molecular weight excluding hydrogens is 456 g/mol. The lowest BCUT2D eigenvalue weighted by Crippen LogP contribution is -2.08. The molecule has 0 saturated heterocycles. The Morgan fingerprint density at radius 2 is 1.22 bits per heavy atom. The van der Waals surface area contributed by atoms with E-state index < -0.39 is 0 Å². The maximum absolute atomic E-state index is 12.0. The van der Waals surface area contributed by atoms with Crippen molar-refractivity contribution in [3.8, 4) is 28.0 Å². The fourth-order valence-electron chi connectivity index (χ4n) is 4.55. The van der Waals surface area contributed by atoms with Gasteiger partial charge in [0, 0.05) is 6.42 Å². The number of hydrogen-bond donors (Lipinski definition) is 0. The van der Waals surface area contributed by atoms with Crippen LogP contribution in [0.25, 0.3) is 22.3 Å². The Labute approximate surface area is 224 Å². The zero-order chi connectivity index (χ0) is 26.3. The molecule has 0 aromatic heterocycles. The lowest BCUT2D eigenvalue weighted by molar-refractivity contribution is -0.148. The maximum atomic E-state index is 12.0. The van der Waals surface area contributed by atoms with Crippen molar-refractivity contribution >= 4 is 5.97 Å². The topological polar surface area (TPSA) is 35.5 Å². The molecule has 0 bridgehead atoms. The van der Waals surface area contributed by atoms with Gasteiger partial charge in [-0.3, -0.25) is 4.79 Å². The molecule has 3 rings (SSSR count). The van der Waals surface area contributed by atoms with Gasteiger partial charge in [0.15, 0.2) is 0 Å². The summed E-state index contributed by atoms with van der Waals surface area (Å²) in [5.41, 5.74) is 5.68. The summed E-state index contributed by atoms with van der Waals surface area (Å²) in [6.07, 6.45) is 11.1. The molecule has 0 N–H and O–H groups in total. The van der Waals surface area contributed by atoms with E-state index in [9.17, 15) is 4.79 Å². The summed E-state index contributed by atoms with van der Waals surface area (Å²) in [5.74, 6) is 0.803. The van der Waals surface area contributed by atoms with Gasteiger partial charge in [-0.25, -0.2) is 0 Å². The van der Waals surface area contributed by atoms with Crippen LogP contribution in [-0.2, 0) is 9.53 Å². The monoisotopic (exact) mass is 500 g/mol. The molecule has 0 fully saturated rings. The number of benzene rings is 3. The number of unbranched alkanes of at least 4 members (excludes halogenated alkanes) is 7. The number of hydrogen-bond acceptors (Lipinski definition) is 3. The molecule has 0 heterocycles. The first-order valence-corrected chi connectivity index (χ1v) is 14.2. The first-order valence-electron chi connectivity index (χ1n) is 14.2. The van der Waals surface area contributed by atoms with Crippen molar-refractivity contribution in [3.63, 3.8) is 0 Å². The average Bonchev–Trinajstić information content (AvgIpc) is 2.94. The molecule has 1 unspecified atom stereocenters. The van der Waals surface area contributed by atoms with Crippen molar-refractivity contribution in [2.24, 2.45) is 0 Å². The average molecular weight is 501 g/mol. The summed E-state index contributed by atoms with van der Waals surface area (Å²) < 4.78 is 11.6. The van der Waals surface area contributed by atoms with E-state index in [1.54, 1.807) is 0 Å². The van der Waals surface area contributed by atoms with Gasteiger partial charge in [-0.05, 0) is 59.7 Å². The highest BCUT2D eigenvalue weighted by Crippen LogP contribution is 2.33. The molecule has 3 nitrogen and oxygen atoms in total. The third-order valence-electron chi connectivity index (χ3n) is 6.84. The molecule has 1 atom stereocenters. The molecule has 3 aromatic rings. The maximum Gasteiger partial charge on any atom is 0.306 e. The Balaban J connectivity index is 1.58. The van der Waals surface area contributed by atoms with Crippen LogP contribution < -0.4 is 4.74 Å². The predicted octanol–water partition coefficient (Wildman–Crippen LogP) is 9.94. The number of ether oxygens (including phenoxy) is 2. The molecule has 0 spiro atoms.